The van der Waals surface area contributed by atoms with Gasteiger partial charge in [-0.25, -0.2) is 9.97 Å². The minimum absolute atomic E-state index is 0.796. The third-order valence-electron chi connectivity index (χ3n) is 2.90. The van der Waals surface area contributed by atoms with Crippen LogP contribution in [0.3, 0.4) is 0 Å². The predicted octanol–water partition coefficient (Wildman–Crippen LogP) is 4.09. The van der Waals surface area contributed by atoms with Gasteiger partial charge in [0.15, 0.2) is 5.82 Å². The third kappa shape index (κ3) is 2.39. The molecule has 0 aliphatic heterocycles. The van der Waals surface area contributed by atoms with Crippen molar-refractivity contribution in [2.75, 3.05) is 0 Å². The molecule has 0 saturated heterocycles. The Kier molecular flexibility index (Phi) is 3.57. The van der Waals surface area contributed by atoms with E-state index in [0.29, 0.717) is 0 Å². The van der Waals surface area contributed by atoms with Gasteiger partial charge in [-0.15, -0.1) is 0 Å². The molecule has 0 unspecified atom stereocenters. The van der Waals surface area contributed by atoms with E-state index in [1.807, 2.05) is 19.1 Å². The van der Waals surface area contributed by atoms with Crippen LogP contribution in [0.25, 0.3) is 11.4 Å². The summed E-state index contributed by atoms with van der Waals surface area (Å²) in [5.74, 6) is 0.796. The predicted molar refractivity (Wildman–Crippen MR) is 74.0 cm³/mol. The van der Waals surface area contributed by atoms with E-state index in [2.05, 4.69) is 51.9 Å². The van der Waals surface area contributed by atoms with Gasteiger partial charge in [0.1, 0.15) is 4.60 Å². The van der Waals surface area contributed by atoms with Gasteiger partial charge >= 0.3 is 0 Å². The Morgan fingerprint density at radius 3 is 2.41 bits per heavy atom. The van der Waals surface area contributed by atoms with Crippen LogP contribution in [0.1, 0.15) is 23.7 Å². The number of aryl methyl sites for hydroxylation is 2. The summed E-state index contributed by atoms with van der Waals surface area (Å²) in [5.41, 5.74) is 4.52. The van der Waals surface area contributed by atoms with Gasteiger partial charge in [-0.1, -0.05) is 31.2 Å². The van der Waals surface area contributed by atoms with Crippen LogP contribution in [0, 0.1) is 13.8 Å². The van der Waals surface area contributed by atoms with Gasteiger partial charge in [0, 0.05) is 16.8 Å². The molecule has 0 amide bonds. The summed E-state index contributed by atoms with van der Waals surface area (Å²) in [7, 11) is 0. The zero-order valence-corrected chi connectivity index (χ0v) is 11.9. The van der Waals surface area contributed by atoms with E-state index in [1.165, 1.54) is 11.1 Å². The SMILES string of the molecule is CCc1c(C)nc(-c2ccccc2C)nc1Br. The van der Waals surface area contributed by atoms with Gasteiger partial charge in [-0.3, -0.25) is 0 Å². The number of hydrogen-bond donors (Lipinski definition) is 0. The molecule has 0 bridgehead atoms. The molecule has 0 fully saturated rings. The van der Waals surface area contributed by atoms with Crippen molar-refractivity contribution in [1.29, 1.82) is 0 Å². The summed E-state index contributed by atoms with van der Waals surface area (Å²) < 4.78 is 0.908. The maximum absolute atomic E-state index is 4.59. The maximum atomic E-state index is 4.59. The van der Waals surface area contributed by atoms with E-state index < -0.39 is 0 Å². The largest absolute Gasteiger partial charge is 0.233 e. The molecule has 1 heterocycles. The van der Waals surface area contributed by atoms with Crippen molar-refractivity contribution < 1.29 is 0 Å². The Morgan fingerprint density at radius 1 is 1.12 bits per heavy atom. The van der Waals surface area contributed by atoms with Gasteiger partial charge in [-0.2, -0.15) is 0 Å². The first-order chi connectivity index (χ1) is 8.13. The van der Waals surface area contributed by atoms with Crippen LogP contribution in [0.5, 0.6) is 0 Å². The lowest BCUT2D eigenvalue weighted by Gasteiger charge is -2.09. The van der Waals surface area contributed by atoms with E-state index in [-0.39, 0.29) is 0 Å². The lowest BCUT2D eigenvalue weighted by Crippen LogP contribution is -2.00. The average molecular weight is 291 g/mol. The molecule has 0 atom stereocenters. The van der Waals surface area contributed by atoms with Gasteiger partial charge in [0.2, 0.25) is 0 Å². The standard InChI is InChI=1S/C14H15BrN2/c1-4-11-10(3)16-14(17-13(11)15)12-8-6-5-7-9(12)2/h5-8H,4H2,1-3H3. The highest BCUT2D eigenvalue weighted by molar-refractivity contribution is 9.10. The first kappa shape index (κ1) is 12.2. The average Bonchev–Trinajstić information content (AvgIpc) is 2.29. The molecule has 2 rings (SSSR count). The normalized spacial score (nSPS) is 10.6. The zero-order valence-electron chi connectivity index (χ0n) is 10.3. The number of aromatic nitrogens is 2. The third-order valence-corrected chi connectivity index (χ3v) is 3.56. The Balaban J connectivity index is 2.59. The summed E-state index contributed by atoms with van der Waals surface area (Å²) in [5, 5.41) is 0. The number of hydrogen-bond acceptors (Lipinski definition) is 2. The van der Waals surface area contributed by atoms with Crippen molar-refractivity contribution >= 4 is 15.9 Å². The van der Waals surface area contributed by atoms with Crippen LogP contribution in [-0.4, -0.2) is 9.97 Å². The number of benzene rings is 1. The lowest BCUT2D eigenvalue weighted by molar-refractivity contribution is 0.980. The molecule has 0 N–H and O–H groups in total. The van der Waals surface area contributed by atoms with E-state index >= 15 is 0 Å². The monoisotopic (exact) mass is 290 g/mol. The van der Waals surface area contributed by atoms with Crippen molar-refractivity contribution in [1.82, 2.24) is 9.97 Å². The molecule has 0 aliphatic carbocycles. The second-order valence-corrected chi connectivity index (χ2v) is 4.82. The number of nitrogens with zero attached hydrogens (tertiary/aromatic N) is 2. The van der Waals surface area contributed by atoms with Crippen LogP contribution >= 0.6 is 15.9 Å². The van der Waals surface area contributed by atoms with Crippen LogP contribution in [0.15, 0.2) is 28.9 Å². The zero-order chi connectivity index (χ0) is 12.4. The highest BCUT2D eigenvalue weighted by Gasteiger charge is 2.10. The fourth-order valence-electron chi connectivity index (χ4n) is 1.91. The van der Waals surface area contributed by atoms with Crippen molar-refractivity contribution in [3.05, 3.63) is 45.7 Å². The maximum Gasteiger partial charge on any atom is 0.160 e. The Hall–Kier alpha value is -1.22. The Morgan fingerprint density at radius 2 is 1.82 bits per heavy atom. The van der Waals surface area contributed by atoms with Crippen molar-refractivity contribution in [2.24, 2.45) is 0 Å². The quantitative estimate of drug-likeness (QED) is 0.779. The Bertz CT molecular complexity index is 527. The molecular weight excluding hydrogens is 276 g/mol. The fraction of sp³-hybridized carbons (Fsp3) is 0.286. The van der Waals surface area contributed by atoms with Crippen LogP contribution in [-0.2, 0) is 6.42 Å². The first-order valence-electron chi connectivity index (χ1n) is 5.72. The minimum Gasteiger partial charge on any atom is -0.233 e. The Labute approximate surface area is 110 Å². The number of rotatable bonds is 2. The highest BCUT2D eigenvalue weighted by atomic mass is 79.9. The van der Waals surface area contributed by atoms with Crippen LogP contribution in [0.2, 0.25) is 0 Å². The van der Waals surface area contributed by atoms with Crippen molar-refractivity contribution in [2.45, 2.75) is 27.2 Å². The molecule has 17 heavy (non-hydrogen) atoms. The first-order valence-corrected chi connectivity index (χ1v) is 6.51. The molecular formula is C14H15BrN2. The summed E-state index contributed by atoms with van der Waals surface area (Å²) >= 11 is 3.53. The second-order valence-electron chi connectivity index (χ2n) is 4.07. The van der Waals surface area contributed by atoms with Crippen molar-refractivity contribution in [3.8, 4) is 11.4 Å². The molecule has 1 aromatic heterocycles. The van der Waals surface area contributed by atoms with Gasteiger partial charge in [0.05, 0.1) is 0 Å². The van der Waals surface area contributed by atoms with Gasteiger partial charge in [-0.05, 0) is 41.8 Å². The smallest absolute Gasteiger partial charge is 0.160 e. The minimum atomic E-state index is 0.796. The molecule has 0 saturated carbocycles. The molecule has 1 aromatic carbocycles. The fourth-order valence-corrected chi connectivity index (χ4v) is 2.64. The summed E-state index contributed by atoms with van der Waals surface area (Å²) in [4.78, 5) is 9.14. The summed E-state index contributed by atoms with van der Waals surface area (Å²) in [6.45, 7) is 6.23. The molecule has 0 radical (unpaired) electrons. The van der Waals surface area contributed by atoms with Gasteiger partial charge in [0.25, 0.3) is 0 Å². The van der Waals surface area contributed by atoms with E-state index in [4.69, 9.17) is 0 Å². The molecule has 3 heteroatoms. The van der Waals surface area contributed by atoms with E-state index in [0.717, 1.165) is 28.1 Å². The number of halogens is 1. The lowest BCUT2D eigenvalue weighted by atomic mass is 10.1. The molecule has 88 valence electrons. The highest BCUT2D eigenvalue weighted by Crippen LogP contribution is 2.24. The molecule has 0 aliphatic rings. The van der Waals surface area contributed by atoms with Crippen LogP contribution in [0.4, 0.5) is 0 Å². The van der Waals surface area contributed by atoms with Crippen LogP contribution < -0.4 is 0 Å². The van der Waals surface area contributed by atoms with Gasteiger partial charge < -0.3 is 0 Å². The van der Waals surface area contributed by atoms with E-state index in [1.54, 1.807) is 0 Å². The summed E-state index contributed by atoms with van der Waals surface area (Å²) in [6, 6.07) is 8.18. The van der Waals surface area contributed by atoms with Crippen molar-refractivity contribution in [3.63, 3.8) is 0 Å². The van der Waals surface area contributed by atoms with E-state index in [9.17, 15) is 0 Å². The molecule has 2 nitrogen and oxygen atoms in total. The second kappa shape index (κ2) is 4.96. The summed E-state index contributed by atoms with van der Waals surface area (Å²) in [6.07, 6.45) is 0.945. The molecule has 0 spiro atoms. The molecule has 2 aromatic rings. The topological polar surface area (TPSA) is 25.8 Å².